The second-order valence-electron chi connectivity index (χ2n) is 5.16. The predicted molar refractivity (Wildman–Crippen MR) is 92.6 cm³/mol. The fraction of sp³-hybridized carbons (Fsp3) is 0.692. The van der Waals surface area contributed by atoms with Gasteiger partial charge in [-0.15, -0.1) is 10.2 Å². The number of nitrogens with zero attached hydrogens (tertiary/aromatic N) is 2. The molecule has 1 atom stereocenters. The highest BCUT2D eigenvalue weighted by molar-refractivity contribution is 8.03. The van der Waals surface area contributed by atoms with Crippen LogP contribution in [0.25, 0.3) is 0 Å². The fourth-order valence-corrected chi connectivity index (χ4v) is 4.00. The number of carbonyl (C=O) groups is 2. The molecule has 0 aromatic carbocycles. The molecule has 0 fully saturated rings. The van der Waals surface area contributed by atoms with Crippen molar-refractivity contribution in [2.24, 2.45) is 5.92 Å². The second kappa shape index (κ2) is 10.1. The third kappa shape index (κ3) is 8.00. The van der Waals surface area contributed by atoms with Gasteiger partial charge in [0, 0.05) is 11.8 Å². The van der Waals surface area contributed by atoms with Crippen LogP contribution in [0, 0.1) is 5.92 Å². The van der Waals surface area contributed by atoms with Crippen molar-refractivity contribution < 1.29 is 9.59 Å². The van der Waals surface area contributed by atoms with Crippen LogP contribution in [0.5, 0.6) is 0 Å². The van der Waals surface area contributed by atoms with Gasteiger partial charge in [-0.2, -0.15) is 0 Å². The normalized spacial score (nSPS) is 12.2. The van der Waals surface area contributed by atoms with Crippen LogP contribution in [0.4, 0.5) is 4.79 Å². The van der Waals surface area contributed by atoms with Crippen molar-refractivity contribution in [3.63, 3.8) is 0 Å². The van der Waals surface area contributed by atoms with E-state index >= 15 is 0 Å². The molecule has 124 valence electrons. The van der Waals surface area contributed by atoms with E-state index in [0.717, 1.165) is 20.9 Å². The molecule has 0 radical (unpaired) electrons. The molecule has 1 rings (SSSR count). The molecular formula is C13H22N4O2S3. The van der Waals surface area contributed by atoms with Gasteiger partial charge in [-0.3, -0.25) is 10.1 Å². The Labute approximate surface area is 143 Å². The molecule has 1 aromatic rings. The first-order chi connectivity index (χ1) is 10.4. The summed E-state index contributed by atoms with van der Waals surface area (Å²) in [5.41, 5.74) is 0. The first-order valence-electron chi connectivity index (χ1n) is 7.10. The average Bonchev–Trinajstić information content (AvgIpc) is 2.90. The molecular weight excluding hydrogens is 340 g/mol. The maximum absolute atomic E-state index is 11.7. The van der Waals surface area contributed by atoms with Crippen LogP contribution in [-0.4, -0.2) is 39.7 Å². The number of carbonyl (C=O) groups excluding carboxylic acids is 2. The van der Waals surface area contributed by atoms with Gasteiger partial charge in [0.25, 0.3) is 0 Å². The van der Waals surface area contributed by atoms with Gasteiger partial charge in [-0.25, -0.2) is 4.79 Å². The highest BCUT2D eigenvalue weighted by atomic mass is 32.2. The summed E-state index contributed by atoms with van der Waals surface area (Å²) in [6.07, 6.45) is 0.817. The summed E-state index contributed by atoms with van der Waals surface area (Å²) in [7, 11) is 0. The standard InChI is InChI=1S/C13H22N4O2S3/c1-5-9(4)14-11(19)15-10(18)7-21-13-17-16-12(22-13)20-6-8(2)3/h8-9H,5-7H2,1-4H3,(H2,14,15,18,19)/t9-/m0/s1. The summed E-state index contributed by atoms with van der Waals surface area (Å²) < 4.78 is 1.65. The maximum Gasteiger partial charge on any atom is 0.321 e. The highest BCUT2D eigenvalue weighted by Crippen LogP contribution is 2.29. The first-order valence-corrected chi connectivity index (χ1v) is 9.88. The zero-order valence-corrected chi connectivity index (χ0v) is 15.7. The van der Waals surface area contributed by atoms with Crippen LogP contribution in [0.15, 0.2) is 8.68 Å². The Morgan fingerprint density at radius 3 is 2.41 bits per heavy atom. The minimum Gasteiger partial charge on any atom is -0.335 e. The van der Waals surface area contributed by atoms with Crippen LogP contribution >= 0.6 is 34.9 Å². The number of rotatable bonds is 8. The molecule has 0 aliphatic rings. The van der Waals surface area contributed by atoms with Crippen molar-refractivity contribution in [2.45, 2.75) is 48.8 Å². The van der Waals surface area contributed by atoms with E-state index < -0.39 is 6.03 Å². The van der Waals surface area contributed by atoms with Crippen LogP contribution in [0.2, 0.25) is 0 Å². The SMILES string of the molecule is CC[C@H](C)NC(=O)NC(=O)CSc1nnc(SCC(C)C)s1. The molecule has 0 saturated heterocycles. The highest BCUT2D eigenvalue weighted by Gasteiger charge is 2.12. The Morgan fingerprint density at radius 2 is 1.82 bits per heavy atom. The van der Waals surface area contributed by atoms with E-state index in [-0.39, 0.29) is 17.7 Å². The van der Waals surface area contributed by atoms with Crippen molar-refractivity contribution in [1.82, 2.24) is 20.8 Å². The van der Waals surface area contributed by atoms with Gasteiger partial charge in [0.05, 0.1) is 5.75 Å². The predicted octanol–water partition coefficient (Wildman–Crippen LogP) is 3.00. The molecule has 3 amide bonds. The van der Waals surface area contributed by atoms with Crippen LogP contribution in [0.1, 0.15) is 34.1 Å². The number of hydrogen-bond donors (Lipinski definition) is 2. The van der Waals surface area contributed by atoms with Crippen molar-refractivity contribution in [3.8, 4) is 0 Å². The summed E-state index contributed by atoms with van der Waals surface area (Å²) in [5.74, 6) is 1.41. The molecule has 0 unspecified atom stereocenters. The van der Waals surface area contributed by atoms with E-state index in [1.165, 1.54) is 23.1 Å². The molecule has 0 aliphatic heterocycles. The lowest BCUT2D eigenvalue weighted by Gasteiger charge is -2.11. The average molecular weight is 363 g/mol. The monoisotopic (exact) mass is 362 g/mol. The number of amides is 3. The molecule has 2 N–H and O–H groups in total. The number of nitrogens with one attached hydrogen (secondary N) is 2. The molecule has 0 aliphatic carbocycles. The quantitative estimate of drug-likeness (QED) is 0.692. The molecule has 0 bridgehead atoms. The lowest BCUT2D eigenvalue weighted by atomic mass is 10.3. The topological polar surface area (TPSA) is 84.0 Å². The Bertz CT molecular complexity index is 493. The van der Waals surface area contributed by atoms with Crippen molar-refractivity contribution in [3.05, 3.63) is 0 Å². The molecule has 1 heterocycles. The molecule has 1 aromatic heterocycles. The fourth-order valence-electron chi connectivity index (χ4n) is 1.20. The van der Waals surface area contributed by atoms with Gasteiger partial charge in [-0.05, 0) is 19.3 Å². The van der Waals surface area contributed by atoms with Gasteiger partial charge < -0.3 is 5.32 Å². The molecule has 0 saturated carbocycles. The third-order valence-electron chi connectivity index (χ3n) is 2.50. The summed E-state index contributed by atoms with van der Waals surface area (Å²) in [5, 5.41) is 13.1. The maximum atomic E-state index is 11.7. The Kier molecular flexibility index (Phi) is 8.81. The molecule has 9 heteroatoms. The minimum atomic E-state index is -0.453. The summed E-state index contributed by atoms with van der Waals surface area (Å²) in [4.78, 5) is 23.2. The molecule has 0 spiro atoms. The van der Waals surface area contributed by atoms with E-state index in [2.05, 4.69) is 34.7 Å². The van der Waals surface area contributed by atoms with Crippen LogP contribution < -0.4 is 10.6 Å². The minimum absolute atomic E-state index is 0.0455. The Morgan fingerprint density at radius 1 is 1.18 bits per heavy atom. The smallest absolute Gasteiger partial charge is 0.321 e. The summed E-state index contributed by atoms with van der Waals surface area (Å²) >= 11 is 4.43. The van der Waals surface area contributed by atoms with E-state index in [0.29, 0.717) is 5.92 Å². The zero-order valence-electron chi connectivity index (χ0n) is 13.2. The van der Waals surface area contributed by atoms with Gasteiger partial charge in [0.15, 0.2) is 8.68 Å². The van der Waals surface area contributed by atoms with E-state index in [1.54, 1.807) is 11.8 Å². The molecule has 22 heavy (non-hydrogen) atoms. The lowest BCUT2D eigenvalue weighted by Crippen LogP contribution is -2.43. The molecule has 6 nitrogen and oxygen atoms in total. The number of hydrogen-bond acceptors (Lipinski definition) is 7. The first kappa shape index (κ1) is 19.2. The van der Waals surface area contributed by atoms with Gasteiger partial charge >= 0.3 is 6.03 Å². The zero-order chi connectivity index (χ0) is 16.5. The van der Waals surface area contributed by atoms with Gasteiger partial charge in [0.2, 0.25) is 5.91 Å². The lowest BCUT2D eigenvalue weighted by molar-refractivity contribution is -0.117. The van der Waals surface area contributed by atoms with Crippen molar-refractivity contribution >= 4 is 46.8 Å². The second-order valence-corrected chi connectivity index (χ2v) is 8.63. The number of aromatic nitrogens is 2. The van der Waals surface area contributed by atoms with Gasteiger partial charge in [-0.1, -0.05) is 55.6 Å². The van der Waals surface area contributed by atoms with Crippen LogP contribution in [-0.2, 0) is 4.79 Å². The third-order valence-corrected chi connectivity index (χ3v) is 6.11. The van der Waals surface area contributed by atoms with Crippen LogP contribution in [0.3, 0.4) is 0 Å². The Balaban J connectivity index is 2.30. The summed E-state index contributed by atoms with van der Waals surface area (Å²) in [6.45, 7) is 8.15. The van der Waals surface area contributed by atoms with E-state index in [4.69, 9.17) is 0 Å². The number of urea groups is 1. The summed E-state index contributed by atoms with van der Waals surface area (Å²) in [6, 6.07) is -0.408. The number of thioether (sulfide) groups is 2. The van der Waals surface area contributed by atoms with E-state index in [9.17, 15) is 9.59 Å². The van der Waals surface area contributed by atoms with Crippen molar-refractivity contribution in [2.75, 3.05) is 11.5 Å². The van der Waals surface area contributed by atoms with Crippen molar-refractivity contribution in [1.29, 1.82) is 0 Å². The largest absolute Gasteiger partial charge is 0.335 e. The Hall–Kier alpha value is -0.800. The van der Waals surface area contributed by atoms with Gasteiger partial charge in [0.1, 0.15) is 0 Å². The van der Waals surface area contributed by atoms with E-state index in [1.807, 2.05) is 13.8 Å². The number of imide groups is 1.